The van der Waals surface area contributed by atoms with Gasteiger partial charge in [0, 0.05) is 26.1 Å². The molecule has 1 unspecified atom stereocenters. The molecule has 7 heteroatoms. The molecule has 1 saturated carbocycles. The molecule has 1 aromatic rings. The quantitative estimate of drug-likeness (QED) is 0.912. The highest BCUT2D eigenvalue weighted by Crippen LogP contribution is 2.27. The van der Waals surface area contributed by atoms with Crippen LogP contribution < -0.4 is 0 Å². The van der Waals surface area contributed by atoms with E-state index in [-0.39, 0.29) is 18.6 Å². The summed E-state index contributed by atoms with van der Waals surface area (Å²) < 4.78 is 7.40. The minimum atomic E-state index is -0.199. The van der Waals surface area contributed by atoms with E-state index in [0.29, 0.717) is 24.9 Å². The molecule has 134 valence electrons. The number of amides is 1. The number of rotatable bonds is 4. The van der Waals surface area contributed by atoms with Crippen LogP contribution in [0.1, 0.15) is 62.5 Å². The summed E-state index contributed by atoms with van der Waals surface area (Å²) in [5.41, 5.74) is 0. The highest BCUT2D eigenvalue weighted by atomic mass is 16.6. The zero-order chi connectivity index (χ0) is 16.9. The topological polar surface area (TPSA) is 80.5 Å². The average molecular weight is 336 g/mol. The second kappa shape index (κ2) is 7.96. The number of aliphatic hydroxyl groups excluding tert-OH is 1. The smallest absolute Gasteiger partial charge is 0.409 e. The monoisotopic (exact) mass is 336 g/mol. The number of nitrogens with zero attached hydrogens (tertiary/aromatic N) is 4. The minimum absolute atomic E-state index is 0.122. The van der Waals surface area contributed by atoms with Crippen LogP contribution in [0.4, 0.5) is 4.79 Å². The SMILES string of the molecule is Cn1c(CO)nnc1C1CCCN(C(=O)OCC2CCCCC2)C1. The van der Waals surface area contributed by atoms with Crippen LogP contribution in [0.2, 0.25) is 0 Å². The summed E-state index contributed by atoms with van der Waals surface area (Å²) in [6.07, 6.45) is 7.90. The average Bonchev–Trinajstić information content (AvgIpc) is 3.01. The maximum Gasteiger partial charge on any atom is 0.409 e. The summed E-state index contributed by atoms with van der Waals surface area (Å²) in [7, 11) is 1.86. The van der Waals surface area contributed by atoms with E-state index in [1.807, 2.05) is 11.6 Å². The molecule has 1 aliphatic carbocycles. The Morgan fingerprint density at radius 2 is 2.00 bits per heavy atom. The van der Waals surface area contributed by atoms with E-state index in [2.05, 4.69) is 10.2 Å². The number of piperidine rings is 1. The van der Waals surface area contributed by atoms with Gasteiger partial charge in [-0.2, -0.15) is 0 Å². The minimum Gasteiger partial charge on any atom is -0.449 e. The Kier molecular flexibility index (Phi) is 5.71. The zero-order valence-electron chi connectivity index (χ0n) is 14.5. The van der Waals surface area contributed by atoms with E-state index >= 15 is 0 Å². The van der Waals surface area contributed by atoms with Gasteiger partial charge in [0.05, 0.1) is 6.61 Å². The lowest BCUT2D eigenvalue weighted by atomic mass is 9.90. The van der Waals surface area contributed by atoms with Gasteiger partial charge < -0.3 is 19.3 Å². The van der Waals surface area contributed by atoms with Gasteiger partial charge in [0.15, 0.2) is 5.82 Å². The van der Waals surface area contributed by atoms with Crippen molar-refractivity contribution >= 4 is 6.09 Å². The van der Waals surface area contributed by atoms with Crippen LogP contribution in [-0.4, -0.2) is 50.6 Å². The van der Waals surface area contributed by atoms with Crippen molar-refractivity contribution in [2.75, 3.05) is 19.7 Å². The van der Waals surface area contributed by atoms with Crippen molar-refractivity contribution in [3.05, 3.63) is 11.6 Å². The number of aliphatic hydroxyl groups is 1. The Balaban J connectivity index is 1.54. The molecule has 1 aliphatic heterocycles. The van der Waals surface area contributed by atoms with Crippen molar-refractivity contribution in [2.45, 2.75) is 57.5 Å². The van der Waals surface area contributed by atoms with E-state index in [0.717, 1.165) is 25.2 Å². The van der Waals surface area contributed by atoms with Crippen molar-refractivity contribution in [2.24, 2.45) is 13.0 Å². The molecule has 1 aromatic heterocycles. The van der Waals surface area contributed by atoms with Crippen molar-refractivity contribution in [1.82, 2.24) is 19.7 Å². The molecule has 2 heterocycles. The van der Waals surface area contributed by atoms with Gasteiger partial charge in [-0.25, -0.2) is 4.79 Å². The summed E-state index contributed by atoms with van der Waals surface area (Å²) in [5.74, 6) is 2.08. The van der Waals surface area contributed by atoms with Crippen molar-refractivity contribution in [1.29, 1.82) is 0 Å². The second-order valence-corrected chi connectivity index (χ2v) is 7.06. The van der Waals surface area contributed by atoms with Crippen LogP contribution in [0.3, 0.4) is 0 Å². The molecule has 0 bridgehead atoms. The largest absolute Gasteiger partial charge is 0.449 e. The number of carbonyl (C=O) groups excluding carboxylic acids is 1. The number of likely N-dealkylation sites (tertiary alicyclic amines) is 1. The Morgan fingerprint density at radius 1 is 1.21 bits per heavy atom. The van der Waals surface area contributed by atoms with Gasteiger partial charge in [0.25, 0.3) is 0 Å². The molecular formula is C17H28N4O3. The van der Waals surface area contributed by atoms with Crippen LogP contribution in [0, 0.1) is 5.92 Å². The summed E-state index contributed by atoms with van der Waals surface area (Å²) >= 11 is 0. The van der Waals surface area contributed by atoms with Crippen LogP contribution >= 0.6 is 0 Å². The Bertz CT molecular complexity index is 554. The number of carbonyl (C=O) groups is 1. The third-order valence-corrected chi connectivity index (χ3v) is 5.35. The highest BCUT2D eigenvalue weighted by molar-refractivity contribution is 5.67. The number of hydrogen-bond acceptors (Lipinski definition) is 5. The molecule has 1 N–H and O–H groups in total. The van der Waals surface area contributed by atoms with Crippen molar-refractivity contribution in [3.8, 4) is 0 Å². The molecule has 3 rings (SSSR count). The fraction of sp³-hybridized carbons (Fsp3) is 0.824. The van der Waals surface area contributed by atoms with Gasteiger partial charge in [0.2, 0.25) is 0 Å². The van der Waals surface area contributed by atoms with E-state index in [4.69, 9.17) is 4.74 Å². The first kappa shape index (κ1) is 17.2. The van der Waals surface area contributed by atoms with Gasteiger partial charge in [-0.1, -0.05) is 19.3 Å². The fourth-order valence-electron chi connectivity index (χ4n) is 3.86. The predicted molar refractivity (Wildman–Crippen MR) is 88.4 cm³/mol. The third kappa shape index (κ3) is 3.88. The third-order valence-electron chi connectivity index (χ3n) is 5.35. The molecule has 2 fully saturated rings. The number of hydrogen-bond donors (Lipinski definition) is 1. The Morgan fingerprint density at radius 3 is 2.71 bits per heavy atom. The lowest BCUT2D eigenvalue weighted by molar-refractivity contribution is 0.0714. The normalized spacial score (nSPS) is 22.6. The van der Waals surface area contributed by atoms with E-state index in [9.17, 15) is 9.90 Å². The van der Waals surface area contributed by atoms with Gasteiger partial charge >= 0.3 is 6.09 Å². The Labute approximate surface area is 143 Å². The van der Waals surface area contributed by atoms with Gasteiger partial charge in [0.1, 0.15) is 12.4 Å². The van der Waals surface area contributed by atoms with Crippen molar-refractivity contribution < 1.29 is 14.6 Å². The van der Waals surface area contributed by atoms with E-state index in [1.54, 1.807) is 4.90 Å². The molecule has 0 radical (unpaired) electrons. The first-order chi connectivity index (χ1) is 11.7. The maximum atomic E-state index is 12.4. The predicted octanol–water partition coefficient (Wildman–Crippen LogP) is 2.20. The zero-order valence-corrected chi connectivity index (χ0v) is 14.5. The van der Waals surface area contributed by atoms with Crippen LogP contribution in [0.15, 0.2) is 0 Å². The summed E-state index contributed by atoms with van der Waals surface area (Å²) in [4.78, 5) is 14.2. The number of aromatic nitrogens is 3. The summed E-state index contributed by atoms with van der Waals surface area (Å²) in [6, 6.07) is 0. The molecule has 1 saturated heterocycles. The number of ether oxygens (including phenoxy) is 1. The van der Waals surface area contributed by atoms with Gasteiger partial charge in [-0.3, -0.25) is 0 Å². The molecular weight excluding hydrogens is 308 g/mol. The molecule has 24 heavy (non-hydrogen) atoms. The maximum absolute atomic E-state index is 12.4. The lowest BCUT2D eigenvalue weighted by Gasteiger charge is -2.32. The molecule has 1 amide bonds. The Hall–Kier alpha value is -1.63. The summed E-state index contributed by atoms with van der Waals surface area (Å²) in [6.45, 7) is 1.79. The molecule has 0 aromatic carbocycles. The molecule has 7 nitrogen and oxygen atoms in total. The fourth-order valence-corrected chi connectivity index (χ4v) is 3.86. The standard InChI is InChI=1S/C17H28N4O3/c1-20-15(11-22)18-19-16(20)14-8-5-9-21(10-14)17(23)24-12-13-6-3-2-4-7-13/h13-14,22H,2-12H2,1H3. The summed E-state index contributed by atoms with van der Waals surface area (Å²) in [5, 5.41) is 17.5. The van der Waals surface area contributed by atoms with Crippen LogP contribution in [0.25, 0.3) is 0 Å². The molecule has 2 aliphatic rings. The van der Waals surface area contributed by atoms with E-state index < -0.39 is 0 Å². The van der Waals surface area contributed by atoms with Gasteiger partial charge in [-0.05, 0) is 31.6 Å². The molecule has 0 spiro atoms. The van der Waals surface area contributed by atoms with Crippen molar-refractivity contribution in [3.63, 3.8) is 0 Å². The first-order valence-electron chi connectivity index (χ1n) is 9.09. The molecule has 1 atom stereocenters. The highest BCUT2D eigenvalue weighted by Gasteiger charge is 2.29. The van der Waals surface area contributed by atoms with E-state index in [1.165, 1.54) is 32.1 Å². The lowest BCUT2D eigenvalue weighted by Crippen LogP contribution is -2.40. The first-order valence-corrected chi connectivity index (χ1v) is 9.09. The van der Waals surface area contributed by atoms with Crippen LogP contribution in [0.5, 0.6) is 0 Å². The van der Waals surface area contributed by atoms with Gasteiger partial charge in [-0.15, -0.1) is 10.2 Å². The van der Waals surface area contributed by atoms with Crippen LogP contribution in [-0.2, 0) is 18.4 Å². The second-order valence-electron chi connectivity index (χ2n) is 7.06.